The molecule has 4 rings (SSSR count). The summed E-state index contributed by atoms with van der Waals surface area (Å²) in [5.74, 6) is 1.36. The number of ketones is 1. The van der Waals surface area contributed by atoms with Crippen molar-refractivity contribution in [3.63, 3.8) is 0 Å². The third kappa shape index (κ3) is 4.55. The highest BCUT2D eigenvalue weighted by Gasteiger charge is 2.22. The van der Waals surface area contributed by atoms with E-state index in [1.54, 1.807) is 13.2 Å². The maximum atomic E-state index is 12.6. The molecule has 0 radical (unpaired) electrons. The Labute approximate surface area is 179 Å². The molecule has 1 aliphatic heterocycles. The van der Waals surface area contributed by atoms with E-state index in [2.05, 4.69) is 9.47 Å². The number of rotatable bonds is 6. The second-order valence-corrected chi connectivity index (χ2v) is 8.97. The zero-order valence-electron chi connectivity index (χ0n) is 16.4. The van der Waals surface area contributed by atoms with Crippen molar-refractivity contribution in [2.24, 2.45) is 5.92 Å². The highest BCUT2D eigenvalue weighted by molar-refractivity contribution is 7.16. The smallest absolute Gasteiger partial charge is 0.182 e. The highest BCUT2D eigenvalue weighted by atomic mass is 35.5. The molecule has 0 saturated carbocycles. The second kappa shape index (κ2) is 8.69. The number of nitrogens with zero attached hydrogens (tertiary/aromatic N) is 2. The summed E-state index contributed by atoms with van der Waals surface area (Å²) in [7, 11) is 1.61. The van der Waals surface area contributed by atoms with Crippen LogP contribution in [0.15, 0.2) is 42.5 Å². The maximum absolute atomic E-state index is 12.6. The molecule has 1 aromatic heterocycles. The Morgan fingerprint density at radius 3 is 2.79 bits per heavy atom. The minimum absolute atomic E-state index is 0.130. The van der Waals surface area contributed by atoms with E-state index in [4.69, 9.17) is 21.7 Å². The molecule has 0 atom stereocenters. The van der Waals surface area contributed by atoms with Crippen LogP contribution in [-0.4, -0.2) is 42.0 Å². The third-order valence-electron chi connectivity index (χ3n) is 5.57. The number of nitrogens with one attached hydrogen (secondary N) is 1. The lowest BCUT2D eigenvalue weighted by atomic mass is 9.96. The number of fused-ring (bicyclic) bond motifs is 1. The molecule has 3 aromatic rings. The lowest BCUT2D eigenvalue weighted by Crippen LogP contribution is -2.38. The minimum Gasteiger partial charge on any atom is -0.497 e. The standard InChI is InChI=1S/C22H24ClN3O2S/c1-28-18-4-2-3-16(11-18)20(27)14-25-9-7-15(8-10-25)13-26-19-6-5-17(23)12-21(19)29-22(26)24/h2-6,11-12,15,24H,7-10,13-14H2,1H3. The van der Waals surface area contributed by atoms with Gasteiger partial charge in [0.1, 0.15) is 5.75 Å². The number of hydrogen-bond acceptors (Lipinski definition) is 5. The van der Waals surface area contributed by atoms with Crippen LogP contribution in [0.4, 0.5) is 0 Å². The van der Waals surface area contributed by atoms with Gasteiger partial charge in [-0.1, -0.05) is 35.1 Å². The lowest BCUT2D eigenvalue weighted by Gasteiger charge is -2.31. The van der Waals surface area contributed by atoms with Gasteiger partial charge in [0, 0.05) is 17.1 Å². The Kier molecular flexibility index (Phi) is 6.04. The number of halogens is 1. The molecule has 2 aromatic carbocycles. The van der Waals surface area contributed by atoms with Gasteiger partial charge in [0.2, 0.25) is 0 Å². The van der Waals surface area contributed by atoms with E-state index in [0.717, 1.165) is 42.7 Å². The van der Waals surface area contributed by atoms with Gasteiger partial charge in [0.25, 0.3) is 0 Å². The first-order valence-electron chi connectivity index (χ1n) is 9.76. The quantitative estimate of drug-likeness (QED) is 0.589. The first-order chi connectivity index (χ1) is 14.0. The SMILES string of the molecule is COc1cccc(C(=O)CN2CCC(Cn3c(=N)sc4cc(Cl)ccc43)CC2)c1. The van der Waals surface area contributed by atoms with Crippen LogP contribution in [-0.2, 0) is 6.54 Å². The van der Waals surface area contributed by atoms with Crippen LogP contribution >= 0.6 is 22.9 Å². The fourth-order valence-corrected chi connectivity index (χ4v) is 5.12. The molecule has 1 saturated heterocycles. The Bertz CT molecular complexity index is 1080. The van der Waals surface area contributed by atoms with Gasteiger partial charge in [-0.15, -0.1) is 0 Å². The van der Waals surface area contributed by atoms with Crippen molar-refractivity contribution in [1.82, 2.24) is 9.47 Å². The van der Waals surface area contributed by atoms with E-state index < -0.39 is 0 Å². The summed E-state index contributed by atoms with van der Waals surface area (Å²) in [5, 5.41) is 9.03. The van der Waals surface area contributed by atoms with Gasteiger partial charge in [-0.2, -0.15) is 0 Å². The summed E-state index contributed by atoms with van der Waals surface area (Å²) >= 11 is 7.56. The van der Waals surface area contributed by atoms with Crippen LogP contribution in [0.5, 0.6) is 5.75 Å². The Morgan fingerprint density at radius 1 is 1.24 bits per heavy atom. The summed E-state index contributed by atoms with van der Waals surface area (Å²) in [6.45, 7) is 3.10. The molecule has 0 unspecified atom stereocenters. The zero-order valence-corrected chi connectivity index (χ0v) is 17.9. The van der Waals surface area contributed by atoms with Crippen molar-refractivity contribution in [2.45, 2.75) is 19.4 Å². The zero-order chi connectivity index (χ0) is 20.4. The summed E-state index contributed by atoms with van der Waals surface area (Å²) in [6.07, 6.45) is 2.06. The summed E-state index contributed by atoms with van der Waals surface area (Å²) in [6, 6.07) is 13.2. The molecule has 1 fully saturated rings. The van der Waals surface area contributed by atoms with E-state index in [0.29, 0.717) is 33.6 Å². The van der Waals surface area contributed by atoms with E-state index in [9.17, 15) is 4.79 Å². The summed E-state index contributed by atoms with van der Waals surface area (Å²) in [4.78, 5) is 15.4. The number of Topliss-reactive ketones (excluding diaryl/α,β-unsaturated/α-hetero) is 1. The first kappa shape index (κ1) is 20.1. The number of ether oxygens (including phenoxy) is 1. The summed E-state index contributed by atoms with van der Waals surface area (Å²) < 4.78 is 8.37. The largest absolute Gasteiger partial charge is 0.497 e. The van der Waals surface area contributed by atoms with Gasteiger partial charge in [-0.3, -0.25) is 15.1 Å². The predicted molar refractivity (Wildman–Crippen MR) is 117 cm³/mol. The topological polar surface area (TPSA) is 58.3 Å². The van der Waals surface area contributed by atoms with Crippen LogP contribution in [0.1, 0.15) is 23.2 Å². The molecule has 29 heavy (non-hydrogen) atoms. The number of piperidine rings is 1. The normalized spacial score (nSPS) is 15.7. The van der Waals surface area contributed by atoms with E-state index in [1.807, 2.05) is 36.4 Å². The molecular weight excluding hydrogens is 406 g/mol. The molecular formula is C22H24ClN3O2S. The van der Waals surface area contributed by atoms with Crippen LogP contribution in [0.25, 0.3) is 10.2 Å². The number of aromatic nitrogens is 1. The number of methoxy groups -OCH3 is 1. The van der Waals surface area contributed by atoms with Crippen molar-refractivity contribution in [3.8, 4) is 5.75 Å². The number of likely N-dealkylation sites (tertiary alicyclic amines) is 1. The average molecular weight is 430 g/mol. The Morgan fingerprint density at radius 2 is 2.03 bits per heavy atom. The molecule has 152 valence electrons. The van der Waals surface area contributed by atoms with Crippen molar-refractivity contribution in [2.75, 3.05) is 26.7 Å². The van der Waals surface area contributed by atoms with Gasteiger partial charge in [0.05, 0.1) is 23.9 Å². The van der Waals surface area contributed by atoms with Crippen LogP contribution in [0.2, 0.25) is 5.02 Å². The number of carbonyl (C=O) groups excluding carboxylic acids is 1. The minimum atomic E-state index is 0.130. The van der Waals surface area contributed by atoms with Gasteiger partial charge in [-0.05, 0) is 62.2 Å². The van der Waals surface area contributed by atoms with Crippen molar-refractivity contribution < 1.29 is 9.53 Å². The van der Waals surface area contributed by atoms with E-state index in [-0.39, 0.29) is 5.78 Å². The maximum Gasteiger partial charge on any atom is 0.182 e. The monoisotopic (exact) mass is 429 g/mol. The predicted octanol–water partition coefficient (Wildman–Crippen LogP) is 4.44. The molecule has 2 heterocycles. The van der Waals surface area contributed by atoms with E-state index >= 15 is 0 Å². The fraction of sp³-hybridized carbons (Fsp3) is 0.364. The van der Waals surface area contributed by atoms with Crippen molar-refractivity contribution in [1.29, 1.82) is 5.41 Å². The highest BCUT2D eigenvalue weighted by Crippen LogP contribution is 2.25. The number of thiazole rings is 1. The van der Waals surface area contributed by atoms with E-state index in [1.165, 1.54) is 11.3 Å². The van der Waals surface area contributed by atoms with Gasteiger partial charge < -0.3 is 9.30 Å². The number of benzene rings is 2. The lowest BCUT2D eigenvalue weighted by molar-refractivity contribution is 0.0890. The molecule has 5 nitrogen and oxygen atoms in total. The van der Waals surface area contributed by atoms with Gasteiger partial charge in [-0.25, -0.2) is 0 Å². The number of hydrogen-bond donors (Lipinski definition) is 1. The Hall–Kier alpha value is -2.15. The van der Waals surface area contributed by atoms with Crippen LogP contribution in [0, 0.1) is 11.3 Å². The van der Waals surface area contributed by atoms with Crippen molar-refractivity contribution in [3.05, 3.63) is 57.9 Å². The molecule has 0 bridgehead atoms. The molecule has 1 N–H and O–H groups in total. The first-order valence-corrected chi connectivity index (χ1v) is 11.0. The van der Waals surface area contributed by atoms with Crippen LogP contribution < -0.4 is 9.54 Å². The van der Waals surface area contributed by atoms with Crippen molar-refractivity contribution >= 4 is 38.9 Å². The fourth-order valence-electron chi connectivity index (χ4n) is 3.92. The average Bonchev–Trinajstić information content (AvgIpc) is 3.03. The molecule has 0 aliphatic carbocycles. The number of carbonyl (C=O) groups is 1. The van der Waals surface area contributed by atoms with Crippen LogP contribution in [0.3, 0.4) is 0 Å². The van der Waals surface area contributed by atoms with Gasteiger partial charge >= 0.3 is 0 Å². The molecule has 0 amide bonds. The summed E-state index contributed by atoms with van der Waals surface area (Å²) in [5.41, 5.74) is 1.78. The third-order valence-corrected chi connectivity index (χ3v) is 6.77. The molecule has 0 spiro atoms. The Balaban J connectivity index is 1.36. The van der Waals surface area contributed by atoms with Gasteiger partial charge in [0.15, 0.2) is 10.6 Å². The molecule has 1 aliphatic rings. The second-order valence-electron chi connectivity index (χ2n) is 7.50. The molecule has 7 heteroatoms.